The number of hydrogen-bond donors (Lipinski definition) is 0. The van der Waals surface area contributed by atoms with Crippen molar-refractivity contribution in [3.63, 3.8) is 0 Å². The summed E-state index contributed by atoms with van der Waals surface area (Å²) in [5.74, 6) is 0.688. The number of amides is 2. The molecule has 5 nitrogen and oxygen atoms in total. The van der Waals surface area contributed by atoms with Gasteiger partial charge in [0, 0.05) is 19.6 Å². The minimum Gasteiger partial charge on any atom is -0.444 e. The highest BCUT2D eigenvalue weighted by molar-refractivity contribution is 5.86. The van der Waals surface area contributed by atoms with Gasteiger partial charge in [0.25, 0.3) is 0 Å². The lowest BCUT2D eigenvalue weighted by atomic mass is 10.1. The van der Waals surface area contributed by atoms with Gasteiger partial charge >= 0.3 is 6.09 Å². The van der Waals surface area contributed by atoms with Gasteiger partial charge in [0.05, 0.1) is 0 Å². The molecule has 120 valence electrons. The van der Waals surface area contributed by atoms with E-state index < -0.39 is 5.60 Å². The molecule has 0 unspecified atom stereocenters. The first-order valence-corrected chi connectivity index (χ1v) is 7.97. The molecule has 1 saturated heterocycles. The molecule has 2 amide bonds. The van der Waals surface area contributed by atoms with Crippen molar-refractivity contribution in [1.29, 1.82) is 0 Å². The van der Waals surface area contributed by atoms with Gasteiger partial charge in [-0.2, -0.15) is 0 Å². The largest absolute Gasteiger partial charge is 0.444 e. The van der Waals surface area contributed by atoms with Gasteiger partial charge in [0.1, 0.15) is 11.6 Å². The fraction of sp³-hybridized carbons (Fsp3) is 0.875. The van der Waals surface area contributed by atoms with E-state index >= 15 is 0 Å². The van der Waals surface area contributed by atoms with E-state index in [1.54, 1.807) is 4.90 Å². The minimum absolute atomic E-state index is 0.0535. The summed E-state index contributed by atoms with van der Waals surface area (Å²) in [5, 5.41) is 0. The topological polar surface area (TPSA) is 49.9 Å². The number of likely N-dealkylation sites (N-methyl/N-ethyl adjacent to an activating group) is 1. The summed E-state index contributed by atoms with van der Waals surface area (Å²) in [6.07, 6.45) is 3.64. The van der Waals surface area contributed by atoms with Crippen LogP contribution in [0.25, 0.3) is 0 Å². The zero-order valence-corrected chi connectivity index (χ0v) is 13.9. The number of likely N-dealkylation sites (tertiary alicyclic amines) is 1. The van der Waals surface area contributed by atoms with Crippen LogP contribution in [-0.4, -0.2) is 53.1 Å². The Morgan fingerprint density at radius 1 is 1.24 bits per heavy atom. The highest BCUT2D eigenvalue weighted by Gasteiger charge is 2.40. The fourth-order valence-corrected chi connectivity index (χ4v) is 2.89. The Morgan fingerprint density at radius 3 is 2.38 bits per heavy atom. The van der Waals surface area contributed by atoms with Crippen molar-refractivity contribution in [1.82, 2.24) is 9.80 Å². The summed E-state index contributed by atoms with van der Waals surface area (Å²) >= 11 is 0. The first-order chi connectivity index (χ1) is 9.70. The zero-order chi connectivity index (χ0) is 15.8. The van der Waals surface area contributed by atoms with Gasteiger partial charge in [0.15, 0.2) is 0 Å². The number of rotatable bonds is 3. The van der Waals surface area contributed by atoms with Crippen molar-refractivity contribution in [2.24, 2.45) is 5.92 Å². The molecule has 2 atom stereocenters. The summed E-state index contributed by atoms with van der Waals surface area (Å²) in [6, 6.07) is -0.0929. The van der Waals surface area contributed by atoms with Crippen molar-refractivity contribution >= 4 is 12.0 Å². The number of carbonyl (C=O) groups excluding carboxylic acids is 2. The zero-order valence-electron chi connectivity index (χ0n) is 13.9. The maximum absolute atomic E-state index is 12.7. The molecule has 5 heteroatoms. The summed E-state index contributed by atoms with van der Waals surface area (Å²) < 4.78 is 5.42. The van der Waals surface area contributed by atoms with Crippen LogP contribution in [0, 0.1) is 5.92 Å². The number of nitrogens with zero attached hydrogens (tertiary/aromatic N) is 2. The Kier molecular flexibility index (Phi) is 4.49. The Morgan fingerprint density at radius 2 is 1.86 bits per heavy atom. The third-order valence-electron chi connectivity index (χ3n) is 4.43. The Labute approximate surface area is 127 Å². The molecule has 2 rings (SSSR count). The fourth-order valence-electron chi connectivity index (χ4n) is 2.89. The van der Waals surface area contributed by atoms with Gasteiger partial charge in [-0.1, -0.05) is 0 Å². The first kappa shape index (κ1) is 16.1. The summed E-state index contributed by atoms with van der Waals surface area (Å²) in [5.41, 5.74) is -0.527. The lowest BCUT2D eigenvalue weighted by Crippen LogP contribution is -2.50. The molecular weight excluding hydrogens is 268 g/mol. The molecule has 2 aliphatic rings. The maximum Gasteiger partial charge on any atom is 0.410 e. The van der Waals surface area contributed by atoms with Gasteiger partial charge in [-0.25, -0.2) is 4.79 Å². The van der Waals surface area contributed by atoms with Gasteiger partial charge in [0.2, 0.25) is 5.91 Å². The quantitative estimate of drug-likeness (QED) is 0.804. The summed E-state index contributed by atoms with van der Waals surface area (Å²) in [7, 11) is 1.86. The molecule has 0 spiro atoms. The van der Waals surface area contributed by atoms with E-state index in [1.807, 2.05) is 32.7 Å². The summed E-state index contributed by atoms with van der Waals surface area (Å²) in [4.78, 5) is 28.3. The van der Waals surface area contributed by atoms with Crippen LogP contribution in [0.15, 0.2) is 0 Å². The van der Waals surface area contributed by atoms with E-state index in [0.29, 0.717) is 12.5 Å². The molecule has 1 aliphatic carbocycles. The smallest absolute Gasteiger partial charge is 0.410 e. The van der Waals surface area contributed by atoms with E-state index in [0.717, 1.165) is 12.8 Å². The molecule has 2 fully saturated rings. The second kappa shape index (κ2) is 5.85. The molecule has 0 radical (unpaired) electrons. The number of ether oxygens (including phenoxy) is 1. The molecule has 0 aromatic carbocycles. The van der Waals surface area contributed by atoms with Crippen LogP contribution in [0.4, 0.5) is 4.79 Å². The van der Waals surface area contributed by atoms with Crippen LogP contribution in [0.1, 0.15) is 53.4 Å². The molecular formula is C16H28N2O3. The lowest BCUT2D eigenvalue weighted by molar-refractivity contribution is -0.136. The Hall–Kier alpha value is -1.26. The van der Waals surface area contributed by atoms with Crippen molar-refractivity contribution < 1.29 is 14.3 Å². The van der Waals surface area contributed by atoms with Crippen LogP contribution < -0.4 is 0 Å². The molecule has 1 heterocycles. The number of hydrogen-bond acceptors (Lipinski definition) is 3. The third kappa shape index (κ3) is 3.89. The molecule has 21 heavy (non-hydrogen) atoms. The average molecular weight is 296 g/mol. The standard InChI is InChI=1S/C16H28N2O3/c1-11(12-8-9-12)17(5)14(19)13-7-6-10-18(13)15(20)21-16(2,3)4/h11-13H,6-10H2,1-5H3/t11-,13+/m0/s1. The normalized spacial score (nSPS) is 23.9. The highest BCUT2D eigenvalue weighted by atomic mass is 16.6. The van der Waals surface area contributed by atoms with Crippen LogP contribution >= 0.6 is 0 Å². The predicted molar refractivity (Wildman–Crippen MR) is 80.9 cm³/mol. The van der Waals surface area contributed by atoms with Crippen LogP contribution in [0.5, 0.6) is 0 Å². The van der Waals surface area contributed by atoms with Gasteiger partial charge < -0.3 is 9.64 Å². The predicted octanol–water partition coefficient (Wildman–Crippen LogP) is 2.64. The molecule has 1 saturated carbocycles. The van der Waals surface area contributed by atoms with Crippen molar-refractivity contribution in [3.8, 4) is 0 Å². The second-order valence-corrected chi connectivity index (χ2v) is 7.36. The molecule has 0 aromatic rings. The number of carbonyl (C=O) groups is 2. The van der Waals surface area contributed by atoms with E-state index in [-0.39, 0.29) is 24.1 Å². The van der Waals surface area contributed by atoms with Crippen LogP contribution in [0.3, 0.4) is 0 Å². The van der Waals surface area contributed by atoms with E-state index in [4.69, 9.17) is 4.74 Å². The molecule has 0 bridgehead atoms. The van der Waals surface area contributed by atoms with Gasteiger partial charge in [-0.05, 0) is 59.3 Å². The Balaban J connectivity index is 2.00. The molecule has 1 aliphatic heterocycles. The second-order valence-electron chi connectivity index (χ2n) is 7.36. The SMILES string of the molecule is C[C@@H](C1CC1)N(C)C(=O)[C@H]1CCCN1C(=O)OC(C)(C)C. The van der Waals surface area contributed by atoms with E-state index in [9.17, 15) is 9.59 Å². The lowest BCUT2D eigenvalue weighted by Gasteiger charge is -2.32. The van der Waals surface area contributed by atoms with Gasteiger partial charge in [-0.15, -0.1) is 0 Å². The average Bonchev–Trinajstić information content (AvgIpc) is 3.10. The third-order valence-corrected chi connectivity index (χ3v) is 4.43. The van der Waals surface area contributed by atoms with Crippen LogP contribution in [-0.2, 0) is 9.53 Å². The van der Waals surface area contributed by atoms with E-state index in [2.05, 4.69) is 6.92 Å². The van der Waals surface area contributed by atoms with Gasteiger partial charge in [-0.3, -0.25) is 9.69 Å². The van der Waals surface area contributed by atoms with Crippen molar-refractivity contribution in [2.45, 2.75) is 71.1 Å². The Bertz CT molecular complexity index is 412. The minimum atomic E-state index is -0.527. The monoisotopic (exact) mass is 296 g/mol. The van der Waals surface area contributed by atoms with Crippen LogP contribution in [0.2, 0.25) is 0 Å². The van der Waals surface area contributed by atoms with E-state index in [1.165, 1.54) is 12.8 Å². The molecule has 0 N–H and O–H groups in total. The molecule has 0 aromatic heterocycles. The highest BCUT2D eigenvalue weighted by Crippen LogP contribution is 2.35. The summed E-state index contributed by atoms with van der Waals surface area (Å²) in [6.45, 7) is 8.25. The maximum atomic E-state index is 12.7. The van der Waals surface area contributed by atoms with Crippen molar-refractivity contribution in [3.05, 3.63) is 0 Å². The first-order valence-electron chi connectivity index (χ1n) is 7.97. The van der Waals surface area contributed by atoms with Crippen molar-refractivity contribution in [2.75, 3.05) is 13.6 Å².